The molecule has 0 spiro atoms. The molecule has 2 heteroatoms. The van der Waals surface area contributed by atoms with Gasteiger partial charge in [0.2, 0.25) is 0 Å². The van der Waals surface area contributed by atoms with Crippen molar-refractivity contribution in [1.82, 2.24) is 0 Å². The van der Waals surface area contributed by atoms with Crippen LogP contribution in [0.5, 0.6) is 0 Å². The SMILES string of the molecule is CCCCCc1ccccc1CC(=O)O. The van der Waals surface area contributed by atoms with Gasteiger partial charge in [-0.3, -0.25) is 4.79 Å². The van der Waals surface area contributed by atoms with E-state index in [-0.39, 0.29) is 6.42 Å². The number of aryl methyl sites for hydroxylation is 1. The number of hydrogen-bond donors (Lipinski definition) is 1. The predicted molar refractivity (Wildman–Crippen MR) is 61.0 cm³/mol. The van der Waals surface area contributed by atoms with Crippen molar-refractivity contribution in [3.63, 3.8) is 0 Å². The lowest BCUT2D eigenvalue weighted by Crippen LogP contribution is -2.03. The van der Waals surface area contributed by atoms with Gasteiger partial charge in [-0.1, -0.05) is 44.0 Å². The fraction of sp³-hybridized carbons (Fsp3) is 0.462. The molecule has 1 N–H and O–H groups in total. The van der Waals surface area contributed by atoms with Gasteiger partial charge in [0.1, 0.15) is 0 Å². The molecular weight excluding hydrogens is 188 g/mol. The molecule has 0 atom stereocenters. The Balaban J connectivity index is 2.64. The maximum atomic E-state index is 10.7. The monoisotopic (exact) mass is 206 g/mol. The van der Waals surface area contributed by atoms with Crippen molar-refractivity contribution in [3.8, 4) is 0 Å². The van der Waals surface area contributed by atoms with Crippen LogP contribution in [0.25, 0.3) is 0 Å². The second kappa shape index (κ2) is 6.23. The molecule has 1 aromatic carbocycles. The average molecular weight is 206 g/mol. The van der Waals surface area contributed by atoms with Crippen LogP contribution < -0.4 is 0 Å². The first-order valence-electron chi connectivity index (χ1n) is 5.52. The molecule has 1 aromatic rings. The standard InChI is InChI=1S/C13H18O2/c1-2-3-4-7-11-8-5-6-9-12(11)10-13(14)15/h5-6,8-9H,2-4,7,10H2,1H3,(H,14,15). The summed E-state index contributed by atoms with van der Waals surface area (Å²) in [6, 6.07) is 7.83. The lowest BCUT2D eigenvalue weighted by atomic mass is 9.99. The molecule has 0 aromatic heterocycles. The highest BCUT2D eigenvalue weighted by Crippen LogP contribution is 2.13. The Morgan fingerprint density at radius 3 is 2.47 bits per heavy atom. The predicted octanol–water partition coefficient (Wildman–Crippen LogP) is 3.05. The molecule has 0 radical (unpaired) electrons. The van der Waals surface area contributed by atoms with Crippen LogP contribution in [0.1, 0.15) is 37.3 Å². The summed E-state index contributed by atoms with van der Waals surface area (Å²) in [5.74, 6) is -0.752. The number of benzene rings is 1. The molecule has 0 aliphatic heterocycles. The minimum absolute atomic E-state index is 0.141. The Morgan fingerprint density at radius 1 is 1.20 bits per heavy atom. The number of carbonyl (C=O) groups is 1. The van der Waals surface area contributed by atoms with Gasteiger partial charge in [-0.05, 0) is 24.0 Å². The first kappa shape index (κ1) is 11.8. The Hall–Kier alpha value is -1.31. The van der Waals surface area contributed by atoms with Crippen molar-refractivity contribution in [1.29, 1.82) is 0 Å². The van der Waals surface area contributed by atoms with Gasteiger partial charge in [-0.15, -0.1) is 0 Å². The summed E-state index contributed by atoms with van der Waals surface area (Å²) in [6.45, 7) is 2.17. The Kier molecular flexibility index (Phi) is 4.88. The van der Waals surface area contributed by atoms with Crippen LogP contribution in [-0.4, -0.2) is 11.1 Å². The molecule has 0 fully saturated rings. The van der Waals surface area contributed by atoms with Crippen LogP contribution in [0, 0.1) is 0 Å². The van der Waals surface area contributed by atoms with E-state index in [1.54, 1.807) is 0 Å². The summed E-state index contributed by atoms with van der Waals surface area (Å²) in [6.07, 6.45) is 4.69. The highest BCUT2D eigenvalue weighted by atomic mass is 16.4. The number of aliphatic carboxylic acids is 1. The minimum atomic E-state index is -0.752. The number of rotatable bonds is 6. The van der Waals surface area contributed by atoms with Gasteiger partial charge in [0.15, 0.2) is 0 Å². The van der Waals surface area contributed by atoms with Crippen molar-refractivity contribution in [2.24, 2.45) is 0 Å². The van der Waals surface area contributed by atoms with E-state index < -0.39 is 5.97 Å². The zero-order chi connectivity index (χ0) is 11.1. The molecule has 0 unspecified atom stereocenters. The normalized spacial score (nSPS) is 10.2. The molecule has 0 aliphatic carbocycles. The zero-order valence-electron chi connectivity index (χ0n) is 9.20. The third-order valence-corrected chi connectivity index (χ3v) is 2.51. The quantitative estimate of drug-likeness (QED) is 0.726. The summed E-state index contributed by atoms with van der Waals surface area (Å²) in [7, 11) is 0. The van der Waals surface area contributed by atoms with Crippen LogP contribution in [0.15, 0.2) is 24.3 Å². The van der Waals surface area contributed by atoms with Gasteiger partial charge >= 0.3 is 5.97 Å². The number of unbranched alkanes of at least 4 members (excludes halogenated alkanes) is 2. The van der Waals surface area contributed by atoms with Gasteiger partial charge in [0.25, 0.3) is 0 Å². The highest BCUT2D eigenvalue weighted by Gasteiger charge is 2.05. The molecule has 0 saturated carbocycles. The number of carboxylic acids is 1. The number of hydrogen-bond acceptors (Lipinski definition) is 1. The second-order valence-corrected chi connectivity index (χ2v) is 3.80. The molecule has 0 bridgehead atoms. The fourth-order valence-corrected chi connectivity index (χ4v) is 1.70. The summed E-state index contributed by atoms with van der Waals surface area (Å²) >= 11 is 0. The Morgan fingerprint density at radius 2 is 1.87 bits per heavy atom. The van der Waals surface area contributed by atoms with E-state index >= 15 is 0 Å². The van der Waals surface area contributed by atoms with Crippen molar-refractivity contribution < 1.29 is 9.90 Å². The molecule has 2 nitrogen and oxygen atoms in total. The number of carboxylic acid groups (broad SMARTS) is 1. The van der Waals surface area contributed by atoms with Crippen LogP contribution in [0.4, 0.5) is 0 Å². The van der Waals surface area contributed by atoms with Gasteiger partial charge in [0, 0.05) is 0 Å². The van der Waals surface area contributed by atoms with Crippen LogP contribution in [-0.2, 0) is 17.6 Å². The van der Waals surface area contributed by atoms with Crippen molar-refractivity contribution in [2.45, 2.75) is 39.0 Å². The van der Waals surface area contributed by atoms with Crippen LogP contribution in [0.3, 0.4) is 0 Å². The molecule has 0 aliphatic rings. The van der Waals surface area contributed by atoms with E-state index in [0.717, 1.165) is 18.4 Å². The third-order valence-electron chi connectivity index (χ3n) is 2.51. The Labute approximate surface area is 90.9 Å². The average Bonchev–Trinajstić information content (AvgIpc) is 2.20. The first-order chi connectivity index (χ1) is 7.24. The molecule has 0 heterocycles. The summed E-state index contributed by atoms with van der Waals surface area (Å²) in [4.78, 5) is 10.7. The van der Waals surface area contributed by atoms with E-state index in [1.807, 2.05) is 24.3 Å². The van der Waals surface area contributed by atoms with Crippen molar-refractivity contribution >= 4 is 5.97 Å². The van der Waals surface area contributed by atoms with E-state index in [9.17, 15) is 4.79 Å². The summed E-state index contributed by atoms with van der Waals surface area (Å²) in [5, 5.41) is 8.76. The molecule has 0 saturated heterocycles. The molecule has 82 valence electrons. The smallest absolute Gasteiger partial charge is 0.307 e. The minimum Gasteiger partial charge on any atom is -0.481 e. The summed E-state index contributed by atoms with van der Waals surface area (Å²) in [5.41, 5.74) is 2.15. The first-order valence-corrected chi connectivity index (χ1v) is 5.52. The molecule has 0 amide bonds. The second-order valence-electron chi connectivity index (χ2n) is 3.80. The van der Waals surface area contributed by atoms with E-state index in [4.69, 9.17) is 5.11 Å². The summed E-state index contributed by atoms with van der Waals surface area (Å²) < 4.78 is 0. The van der Waals surface area contributed by atoms with Crippen molar-refractivity contribution in [2.75, 3.05) is 0 Å². The van der Waals surface area contributed by atoms with Crippen LogP contribution in [0.2, 0.25) is 0 Å². The maximum Gasteiger partial charge on any atom is 0.307 e. The van der Waals surface area contributed by atoms with E-state index in [0.29, 0.717) is 0 Å². The van der Waals surface area contributed by atoms with Crippen LogP contribution >= 0.6 is 0 Å². The highest BCUT2D eigenvalue weighted by molar-refractivity contribution is 5.70. The van der Waals surface area contributed by atoms with Gasteiger partial charge < -0.3 is 5.11 Å². The molecule has 1 rings (SSSR count). The van der Waals surface area contributed by atoms with Gasteiger partial charge in [0.05, 0.1) is 6.42 Å². The Bertz CT molecular complexity index is 318. The van der Waals surface area contributed by atoms with Crippen molar-refractivity contribution in [3.05, 3.63) is 35.4 Å². The molecular formula is C13H18O2. The lowest BCUT2D eigenvalue weighted by molar-refractivity contribution is -0.136. The third kappa shape index (κ3) is 4.15. The van der Waals surface area contributed by atoms with Gasteiger partial charge in [-0.25, -0.2) is 0 Å². The van der Waals surface area contributed by atoms with Gasteiger partial charge in [-0.2, -0.15) is 0 Å². The maximum absolute atomic E-state index is 10.7. The zero-order valence-corrected chi connectivity index (χ0v) is 9.20. The largest absolute Gasteiger partial charge is 0.481 e. The van der Waals surface area contributed by atoms with E-state index in [2.05, 4.69) is 6.92 Å². The van der Waals surface area contributed by atoms with E-state index in [1.165, 1.54) is 18.4 Å². The lowest BCUT2D eigenvalue weighted by Gasteiger charge is -2.06. The fourth-order valence-electron chi connectivity index (χ4n) is 1.70. The molecule has 15 heavy (non-hydrogen) atoms. The topological polar surface area (TPSA) is 37.3 Å².